The fraction of sp³-hybridized carbons (Fsp3) is 0.300. The summed E-state index contributed by atoms with van der Waals surface area (Å²) < 4.78 is 47.9. The second kappa shape index (κ2) is 5.31. The number of rotatable bonds is 4. The molecule has 3 nitrogen and oxygen atoms in total. The largest absolute Gasteiger partial charge is 0.481 e. The van der Waals surface area contributed by atoms with Crippen molar-refractivity contribution < 1.29 is 27.3 Å². The highest BCUT2D eigenvalue weighted by atomic mass is 32.2. The van der Waals surface area contributed by atoms with Gasteiger partial charge in [-0.15, -0.1) is 0 Å². The fourth-order valence-corrected chi connectivity index (χ4v) is 2.11. The third-order valence-electron chi connectivity index (χ3n) is 1.89. The zero-order chi connectivity index (χ0) is 13.1. The maximum absolute atomic E-state index is 12.2. The van der Waals surface area contributed by atoms with Crippen molar-refractivity contribution in [1.82, 2.24) is 0 Å². The number of halogens is 3. The van der Waals surface area contributed by atoms with Gasteiger partial charge >= 0.3 is 12.1 Å². The molecule has 0 aliphatic carbocycles. The molecule has 0 aliphatic rings. The van der Waals surface area contributed by atoms with Crippen molar-refractivity contribution >= 4 is 16.8 Å². The highest BCUT2D eigenvalue weighted by molar-refractivity contribution is 7.84. The van der Waals surface area contributed by atoms with E-state index in [9.17, 15) is 22.2 Å². The van der Waals surface area contributed by atoms with E-state index in [2.05, 4.69) is 0 Å². The van der Waals surface area contributed by atoms with Crippen LogP contribution in [-0.4, -0.2) is 21.0 Å². The molecule has 1 aromatic carbocycles. The van der Waals surface area contributed by atoms with E-state index in [1.54, 1.807) is 0 Å². The van der Waals surface area contributed by atoms with Crippen LogP contribution < -0.4 is 0 Å². The number of aliphatic carboxylic acids is 1. The summed E-state index contributed by atoms with van der Waals surface area (Å²) in [5, 5.41) is 8.37. The molecule has 1 aromatic rings. The molecule has 0 saturated carbocycles. The van der Waals surface area contributed by atoms with Gasteiger partial charge in [-0.2, -0.15) is 13.2 Å². The first-order chi connectivity index (χ1) is 7.79. The maximum Gasteiger partial charge on any atom is 0.416 e. The van der Waals surface area contributed by atoms with Crippen molar-refractivity contribution in [2.24, 2.45) is 0 Å². The van der Waals surface area contributed by atoms with Crippen LogP contribution in [-0.2, 0) is 27.5 Å². The van der Waals surface area contributed by atoms with E-state index in [1.165, 1.54) is 12.1 Å². The molecule has 0 fully saturated rings. The molecule has 1 unspecified atom stereocenters. The average molecular weight is 266 g/mol. The number of carboxylic acids is 1. The second-order valence-electron chi connectivity index (χ2n) is 3.32. The molecule has 17 heavy (non-hydrogen) atoms. The van der Waals surface area contributed by atoms with E-state index >= 15 is 0 Å². The summed E-state index contributed by atoms with van der Waals surface area (Å²) in [5.41, 5.74) is -0.372. The predicted molar refractivity (Wildman–Crippen MR) is 55.8 cm³/mol. The fourth-order valence-electron chi connectivity index (χ4n) is 1.16. The SMILES string of the molecule is O=C(O)CS(=O)Cc1ccc(C(F)(F)F)cc1. The van der Waals surface area contributed by atoms with Crippen molar-refractivity contribution in [2.45, 2.75) is 11.9 Å². The Hall–Kier alpha value is -1.37. The molecule has 1 N–H and O–H groups in total. The minimum absolute atomic E-state index is 0.0650. The van der Waals surface area contributed by atoms with E-state index in [1.807, 2.05) is 0 Å². The molecule has 0 heterocycles. The van der Waals surface area contributed by atoms with Crippen LogP contribution in [0.2, 0.25) is 0 Å². The molecule has 0 saturated heterocycles. The van der Waals surface area contributed by atoms with Crippen molar-refractivity contribution in [3.8, 4) is 0 Å². The molecule has 0 amide bonds. The molecule has 0 radical (unpaired) electrons. The molecule has 1 rings (SSSR count). The third kappa shape index (κ3) is 4.56. The molecule has 7 heteroatoms. The Kier molecular flexibility index (Phi) is 4.28. The van der Waals surface area contributed by atoms with Gasteiger partial charge in [0, 0.05) is 16.6 Å². The normalized spacial score (nSPS) is 13.4. The number of carboxylic acid groups (broad SMARTS) is 1. The Morgan fingerprint density at radius 1 is 1.24 bits per heavy atom. The minimum Gasteiger partial charge on any atom is -0.481 e. The van der Waals surface area contributed by atoms with Crippen LogP contribution in [0.3, 0.4) is 0 Å². The summed E-state index contributed by atoms with van der Waals surface area (Å²) >= 11 is 0. The Labute approximate surface area is 97.7 Å². The lowest BCUT2D eigenvalue weighted by Crippen LogP contribution is -2.11. The number of alkyl halides is 3. The van der Waals surface area contributed by atoms with Crippen LogP contribution in [0, 0.1) is 0 Å². The summed E-state index contributed by atoms with van der Waals surface area (Å²) in [6, 6.07) is 4.16. The van der Waals surface area contributed by atoms with Crippen molar-refractivity contribution in [3.63, 3.8) is 0 Å². The molecule has 1 atom stereocenters. The summed E-state index contributed by atoms with van der Waals surface area (Å²) in [6.07, 6.45) is -4.40. The van der Waals surface area contributed by atoms with E-state index in [0.29, 0.717) is 5.56 Å². The molecule has 0 aromatic heterocycles. The molecular weight excluding hydrogens is 257 g/mol. The van der Waals surface area contributed by atoms with Crippen LogP contribution in [0.1, 0.15) is 11.1 Å². The lowest BCUT2D eigenvalue weighted by Gasteiger charge is -2.07. The van der Waals surface area contributed by atoms with E-state index < -0.39 is 34.3 Å². The highest BCUT2D eigenvalue weighted by Gasteiger charge is 2.29. The number of benzene rings is 1. The third-order valence-corrected chi connectivity index (χ3v) is 3.12. The summed E-state index contributed by atoms with van der Waals surface area (Å²) in [6.45, 7) is 0. The van der Waals surface area contributed by atoms with Crippen molar-refractivity contribution in [3.05, 3.63) is 35.4 Å². The zero-order valence-electron chi connectivity index (χ0n) is 8.53. The molecule has 0 spiro atoms. The second-order valence-corrected chi connectivity index (χ2v) is 4.77. The van der Waals surface area contributed by atoms with Crippen molar-refractivity contribution in [1.29, 1.82) is 0 Å². The van der Waals surface area contributed by atoms with Gasteiger partial charge in [0.25, 0.3) is 0 Å². The van der Waals surface area contributed by atoms with Crippen LogP contribution in [0.5, 0.6) is 0 Å². The first kappa shape index (κ1) is 13.7. The van der Waals surface area contributed by atoms with Crippen molar-refractivity contribution in [2.75, 3.05) is 5.75 Å². The zero-order valence-corrected chi connectivity index (χ0v) is 9.35. The highest BCUT2D eigenvalue weighted by Crippen LogP contribution is 2.29. The Morgan fingerprint density at radius 2 is 1.76 bits per heavy atom. The number of hydrogen-bond donors (Lipinski definition) is 1. The van der Waals surface area contributed by atoms with Crippen LogP contribution in [0.15, 0.2) is 24.3 Å². The monoisotopic (exact) mass is 266 g/mol. The lowest BCUT2D eigenvalue weighted by atomic mass is 10.1. The van der Waals surface area contributed by atoms with Gasteiger partial charge in [0.05, 0.1) is 5.56 Å². The maximum atomic E-state index is 12.2. The average Bonchev–Trinajstić information content (AvgIpc) is 2.15. The van der Waals surface area contributed by atoms with Gasteiger partial charge in [0.15, 0.2) is 0 Å². The molecule has 0 bridgehead atoms. The Morgan fingerprint density at radius 3 is 2.18 bits per heavy atom. The van der Waals surface area contributed by atoms with Gasteiger partial charge < -0.3 is 5.11 Å². The Balaban J connectivity index is 2.69. The van der Waals surface area contributed by atoms with Crippen LogP contribution in [0.4, 0.5) is 13.2 Å². The lowest BCUT2D eigenvalue weighted by molar-refractivity contribution is -0.137. The summed E-state index contributed by atoms with van der Waals surface area (Å²) in [5.74, 6) is -1.78. The Bertz CT molecular complexity index is 425. The molecule has 0 aliphatic heterocycles. The smallest absolute Gasteiger partial charge is 0.416 e. The van der Waals surface area contributed by atoms with Gasteiger partial charge in [0.1, 0.15) is 5.75 Å². The summed E-state index contributed by atoms with van der Waals surface area (Å²) in [4.78, 5) is 10.2. The molecular formula is C10H9F3O3S. The first-order valence-electron chi connectivity index (χ1n) is 4.52. The van der Waals surface area contributed by atoms with Gasteiger partial charge in [-0.1, -0.05) is 12.1 Å². The van der Waals surface area contributed by atoms with Gasteiger partial charge in [-0.3, -0.25) is 9.00 Å². The number of carbonyl (C=O) groups is 1. The van der Waals surface area contributed by atoms with Gasteiger partial charge in [-0.05, 0) is 17.7 Å². The van der Waals surface area contributed by atoms with Gasteiger partial charge in [-0.25, -0.2) is 0 Å². The molecule has 94 valence electrons. The van der Waals surface area contributed by atoms with E-state index in [4.69, 9.17) is 5.11 Å². The van der Waals surface area contributed by atoms with E-state index in [0.717, 1.165) is 12.1 Å². The predicted octanol–water partition coefficient (Wildman–Crippen LogP) is 2.04. The quantitative estimate of drug-likeness (QED) is 0.907. The number of hydrogen-bond acceptors (Lipinski definition) is 2. The summed E-state index contributed by atoms with van der Waals surface area (Å²) in [7, 11) is -1.61. The topological polar surface area (TPSA) is 54.4 Å². The first-order valence-corrected chi connectivity index (χ1v) is 6.01. The van der Waals surface area contributed by atoms with Gasteiger partial charge in [0.2, 0.25) is 0 Å². The van der Waals surface area contributed by atoms with Crippen LogP contribution >= 0.6 is 0 Å². The standard InChI is InChI=1S/C10H9F3O3S/c11-10(12,13)8-3-1-7(2-4-8)5-17(16)6-9(14)15/h1-4H,5-6H2,(H,14,15). The van der Waals surface area contributed by atoms with Crippen LogP contribution in [0.25, 0.3) is 0 Å². The minimum atomic E-state index is -4.40. The van der Waals surface area contributed by atoms with E-state index in [-0.39, 0.29) is 5.75 Å².